The van der Waals surface area contributed by atoms with Crippen molar-refractivity contribution in [2.24, 2.45) is 0 Å². The van der Waals surface area contributed by atoms with Crippen LogP contribution in [0.25, 0.3) is 0 Å². The zero-order valence-electron chi connectivity index (χ0n) is 10.0. The van der Waals surface area contributed by atoms with Gasteiger partial charge in [0.25, 0.3) is 0 Å². The molecule has 0 radical (unpaired) electrons. The zero-order valence-corrected chi connectivity index (χ0v) is 10.0. The topological polar surface area (TPSA) is 61.5 Å². The quantitative estimate of drug-likeness (QED) is 0.630. The molecular formula is C12H17NO3. The van der Waals surface area contributed by atoms with Crippen LogP contribution in [0, 0.1) is 0 Å². The highest BCUT2D eigenvalue weighted by molar-refractivity contribution is 5.91. The normalized spacial score (nSPS) is 10.3. The summed E-state index contributed by atoms with van der Waals surface area (Å²) in [4.78, 5) is 11.4. The van der Waals surface area contributed by atoms with Gasteiger partial charge in [0.15, 0.2) is 0 Å². The zero-order chi connectivity index (χ0) is 12.3. The number of rotatable bonds is 3. The van der Waals surface area contributed by atoms with Gasteiger partial charge in [-0.05, 0) is 18.1 Å². The smallest absolute Gasteiger partial charge is 0.338 e. The van der Waals surface area contributed by atoms with Gasteiger partial charge in [0.2, 0.25) is 0 Å². The molecule has 4 nitrogen and oxygen atoms in total. The van der Waals surface area contributed by atoms with Crippen LogP contribution in [0.1, 0.15) is 35.7 Å². The summed E-state index contributed by atoms with van der Waals surface area (Å²) in [5, 5.41) is 0. The van der Waals surface area contributed by atoms with E-state index >= 15 is 0 Å². The lowest BCUT2D eigenvalue weighted by molar-refractivity contribution is 0.0600. The summed E-state index contributed by atoms with van der Waals surface area (Å²) in [6.07, 6.45) is 0. The highest BCUT2D eigenvalue weighted by Gasteiger charge is 2.16. The van der Waals surface area contributed by atoms with E-state index in [4.69, 9.17) is 10.5 Å². The fourth-order valence-corrected chi connectivity index (χ4v) is 1.67. The van der Waals surface area contributed by atoms with Gasteiger partial charge in [0, 0.05) is 11.3 Å². The molecule has 0 spiro atoms. The van der Waals surface area contributed by atoms with E-state index in [0.717, 1.165) is 5.56 Å². The number of anilines is 1. The lowest BCUT2D eigenvalue weighted by atomic mass is 9.98. The Hall–Kier alpha value is -1.71. The number of benzene rings is 1. The maximum absolute atomic E-state index is 11.4. The summed E-state index contributed by atoms with van der Waals surface area (Å²) >= 11 is 0. The molecule has 0 aromatic heterocycles. The van der Waals surface area contributed by atoms with Gasteiger partial charge >= 0.3 is 5.97 Å². The first-order valence-electron chi connectivity index (χ1n) is 5.07. The van der Waals surface area contributed by atoms with Crippen LogP contribution in [0.5, 0.6) is 5.75 Å². The van der Waals surface area contributed by atoms with E-state index in [1.807, 2.05) is 13.8 Å². The van der Waals surface area contributed by atoms with Crippen LogP contribution in [-0.2, 0) is 4.74 Å². The fourth-order valence-electron chi connectivity index (χ4n) is 1.67. The molecule has 88 valence electrons. The highest BCUT2D eigenvalue weighted by Crippen LogP contribution is 2.33. The molecule has 4 heteroatoms. The molecular weight excluding hydrogens is 206 g/mol. The van der Waals surface area contributed by atoms with Crippen LogP contribution >= 0.6 is 0 Å². The Morgan fingerprint density at radius 3 is 2.38 bits per heavy atom. The van der Waals surface area contributed by atoms with Gasteiger partial charge in [0.05, 0.1) is 19.8 Å². The van der Waals surface area contributed by atoms with E-state index in [1.54, 1.807) is 19.2 Å². The summed E-state index contributed by atoms with van der Waals surface area (Å²) < 4.78 is 9.88. The molecule has 1 aromatic rings. The Kier molecular flexibility index (Phi) is 3.77. The van der Waals surface area contributed by atoms with E-state index in [0.29, 0.717) is 17.0 Å². The van der Waals surface area contributed by atoms with Crippen LogP contribution < -0.4 is 10.5 Å². The first-order valence-corrected chi connectivity index (χ1v) is 5.07. The third kappa shape index (κ3) is 2.27. The molecule has 0 unspecified atom stereocenters. The Morgan fingerprint density at radius 1 is 1.31 bits per heavy atom. The van der Waals surface area contributed by atoms with E-state index in [9.17, 15) is 4.79 Å². The first kappa shape index (κ1) is 12.4. The van der Waals surface area contributed by atoms with Gasteiger partial charge in [0.1, 0.15) is 5.75 Å². The van der Waals surface area contributed by atoms with Gasteiger partial charge in [-0.1, -0.05) is 13.8 Å². The number of carbonyl (C=O) groups is 1. The predicted octanol–water partition coefficient (Wildman–Crippen LogP) is 2.19. The Balaban J connectivity index is 3.32. The minimum absolute atomic E-state index is 0.238. The second-order valence-corrected chi connectivity index (χ2v) is 3.83. The number of methoxy groups -OCH3 is 2. The number of nitrogens with two attached hydrogens (primary N) is 1. The summed E-state index contributed by atoms with van der Waals surface area (Å²) in [5.41, 5.74) is 7.77. The van der Waals surface area contributed by atoms with Crippen molar-refractivity contribution in [1.82, 2.24) is 0 Å². The van der Waals surface area contributed by atoms with E-state index in [1.165, 1.54) is 7.11 Å². The maximum atomic E-state index is 11.4. The number of hydrogen-bond donors (Lipinski definition) is 1. The van der Waals surface area contributed by atoms with Crippen molar-refractivity contribution in [1.29, 1.82) is 0 Å². The first-order chi connectivity index (χ1) is 7.51. The second kappa shape index (κ2) is 4.88. The molecule has 0 atom stereocenters. The molecule has 1 rings (SSSR count). The number of ether oxygens (including phenoxy) is 2. The summed E-state index contributed by atoms with van der Waals surface area (Å²) in [5.74, 6) is 0.442. The van der Waals surface area contributed by atoms with Gasteiger partial charge in [-0.15, -0.1) is 0 Å². The van der Waals surface area contributed by atoms with Gasteiger partial charge in [-0.2, -0.15) is 0 Å². The average Bonchev–Trinajstić information content (AvgIpc) is 2.26. The molecule has 0 amide bonds. The molecule has 0 aliphatic rings. The molecule has 0 aliphatic carbocycles. The van der Waals surface area contributed by atoms with E-state index < -0.39 is 5.97 Å². The van der Waals surface area contributed by atoms with E-state index in [2.05, 4.69) is 4.74 Å². The molecule has 0 aliphatic heterocycles. The van der Waals surface area contributed by atoms with Crippen molar-refractivity contribution >= 4 is 11.7 Å². The third-order valence-corrected chi connectivity index (χ3v) is 2.39. The van der Waals surface area contributed by atoms with Crippen molar-refractivity contribution in [2.75, 3.05) is 20.0 Å². The third-order valence-electron chi connectivity index (χ3n) is 2.39. The number of hydrogen-bond acceptors (Lipinski definition) is 4. The maximum Gasteiger partial charge on any atom is 0.338 e. The molecule has 0 fully saturated rings. The lowest BCUT2D eigenvalue weighted by Gasteiger charge is -2.15. The Bertz CT molecular complexity index is 399. The molecule has 2 N–H and O–H groups in total. The molecule has 16 heavy (non-hydrogen) atoms. The SMILES string of the molecule is COC(=O)c1cc(N)c(C(C)C)c(OC)c1. The van der Waals surface area contributed by atoms with Crippen molar-refractivity contribution in [2.45, 2.75) is 19.8 Å². The Morgan fingerprint density at radius 2 is 1.94 bits per heavy atom. The second-order valence-electron chi connectivity index (χ2n) is 3.83. The number of nitrogen functional groups attached to an aromatic ring is 1. The van der Waals surface area contributed by atoms with Crippen molar-refractivity contribution in [3.8, 4) is 5.75 Å². The largest absolute Gasteiger partial charge is 0.496 e. The molecule has 0 saturated heterocycles. The molecule has 0 saturated carbocycles. The fraction of sp³-hybridized carbons (Fsp3) is 0.417. The monoisotopic (exact) mass is 223 g/mol. The minimum Gasteiger partial charge on any atom is -0.496 e. The molecule has 0 heterocycles. The Labute approximate surface area is 95.3 Å². The van der Waals surface area contributed by atoms with Crippen LogP contribution in [0.15, 0.2) is 12.1 Å². The minimum atomic E-state index is -0.416. The highest BCUT2D eigenvalue weighted by atomic mass is 16.5. The van der Waals surface area contributed by atoms with Crippen molar-refractivity contribution < 1.29 is 14.3 Å². The summed E-state index contributed by atoms with van der Waals surface area (Å²) in [6, 6.07) is 3.27. The van der Waals surface area contributed by atoms with Crippen molar-refractivity contribution in [3.05, 3.63) is 23.3 Å². The van der Waals surface area contributed by atoms with Gasteiger partial charge in [-0.3, -0.25) is 0 Å². The van der Waals surface area contributed by atoms with Gasteiger partial charge in [-0.25, -0.2) is 4.79 Å². The summed E-state index contributed by atoms with van der Waals surface area (Å²) in [6.45, 7) is 4.04. The summed E-state index contributed by atoms with van der Waals surface area (Å²) in [7, 11) is 2.89. The average molecular weight is 223 g/mol. The number of esters is 1. The van der Waals surface area contributed by atoms with Crippen LogP contribution in [0.4, 0.5) is 5.69 Å². The predicted molar refractivity (Wildman–Crippen MR) is 62.8 cm³/mol. The van der Waals surface area contributed by atoms with Crippen molar-refractivity contribution in [3.63, 3.8) is 0 Å². The molecule has 0 bridgehead atoms. The van der Waals surface area contributed by atoms with E-state index in [-0.39, 0.29) is 5.92 Å². The van der Waals surface area contributed by atoms with Crippen LogP contribution in [0.3, 0.4) is 0 Å². The number of carbonyl (C=O) groups excluding carboxylic acids is 1. The molecule has 1 aromatic carbocycles. The van der Waals surface area contributed by atoms with Gasteiger partial charge < -0.3 is 15.2 Å². The van der Waals surface area contributed by atoms with Crippen LogP contribution in [0.2, 0.25) is 0 Å². The van der Waals surface area contributed by atoms with Crippen LogP contribution in [-0.4, -0.2) is 20.2 Å². The standard InChI is InChI=1S/C12H17NO3/c1-7(2)11-9(13)5-8(12(14)16-4)6-10(11)15-3/h5-7H,13H2,1-4H3. The lowest BCUT2D eigenvalue weighted by Crippen LogP contribution is -2.06.